The van der Waals surface area contributed by atoms with E-state index >= 15 is 0 Å². The molecule has 178 valence electrons. The molecule has 1 fully saturated rings. The highest BCUT2D eigenvalue weighted by Gasteiger charge is 2.38. The molecule has 0 spiro atoms. The zero-order valence-electron chi connectivity index (χ0n) is 18.6. The Balaban J connectivity index is 1.78. The van der Waals surface area contributed by atoms with Crippen LogP contribution in [0.25, 0.3) is 0 Å². The third kappa shape index (κ3) is 5.05. The minimum absolute atomic E-state index is 0.0570. The Morgan fingerprint density at radius 3 is 2.15 bits per heavy atom. The van der Waals surface area contributed by atoms with Crippen LogP contribution >= 0.6 is 0 Å². The number of aryl methyl sites for hydroxylation is 2. The number of carbonyl (C=O) groups excluding carboxylic acids is 1. The summed E-state index contributed by atoms with van der Waals surface area (Å²) in [6, 6.07) is 7.11. The number of hydrogen-bond donors (Lipinski definition) is 2. The Labute approximate surface area is 189 Å². The summed E-state index contributed by atoms with van der Waals surface area (Å²) >= 11 is 0. The van der Waals surface area contributed by atoms with Gasteiger partial charge in [0.1, 0.15) is 12.0 Å². The van der Waals surface area contributed by atoms with Crippen molar-refractivity contribution in [3.8, 4) is 5.75 Å². The fraction of sp³-hybridized carbons (Fsp3) is 0.391. The summed E-state index contributed by atoms with van der Waals surface area (Å²) in [7, 11) is 0. The summed E-state index contributed by atoms with van der Waals surface area (Å²) in [5, 5.41) is 19.7. The number of alkyl halides is 3. The molecule has 10 heteroatoms. The van der Waals surface area contributed by atoms with Crippen LogP contribution in [0.1, 0.15) is 36.1 Å². The Hall–Kier alpha value is -3.27. The van der Waals surface area contributed by atoms with E-state index in [0.29, 0.717) is 22.4 Å². The van der Waals surface area contributed by atoms with Gasteiger partial charge in [-0.25, -0.2) is 9.59 Å². The van der Waals surface area contributed by atoms with E-state index in [2.05, 4.69) is 0 Å². The van der Waals surface area contributed by atoms with Crippen molar-refractivity contribution in [2.45, 2.75) is 52.2 Å². The number of aliphatic hydroxyl groups is 1. The van der Waals surface area contributed by atoms with Crippen molar-refractivity contribution in [1.29, 1.82) is 0 Å². The Morgan fingerprint density at radius 2 is 1.67 bits per heavy atom. The molecule has 0 radical (unpaired) electrons. The van der Waals surface area contributed by atoms with Crippen LogP contribution in [0.4, 0.5) is 23.7 Å². The van der Waals surface area contributed by atoms with Crippen LogP contribution in [-0.2, 0) is 17.5 Å². The molecule has 0 aliphatic carbocycles. The minimum Gasteiger partial charge on any atom is -0.478 e. The number of carboxylic acids is 1. The smallest absolute Gasteiger partial charge is 0.416 e. The molecular weight excluding hydrogens is 441 g/mol. The van der Waals surface area contributed by atoms with Crippen molar-refractivity contribution in [1.82, 2.24) is 4.90 Å². The van der Waals surface area contributed by atoms with Crippen LogP contribution in [0.2, 0.25) is 0 Å². The molecule has 2 aromatic rings. The minimum atomic E-state index is -4.48. The monoisotopic (exact) mass is 466 g/mol. The van der Waals surface area contributed by atoms with Crippen LogP contribution in [0.5, 0.6) is 5.75 Å². The Kier molecular flexibility index (Phi) is 6.34. The summed E-state index contributed by atoms with van der Waals surface area (Å²) in [6.07, 6.45) is -5.63. The summed E-state index contributed by atoms with van der Waals surface area (Å²) in [6.45, 7) is 6.35. The molecule has 0 saturated carbocycles. The summed E-state index contributed by atoms with van der Waals surface area (Å²) in [5.41, 5.74) is 0.0174. The average molecular weight is 466 g/mol. The number of urea groups is 1. The molecule has 2 N–H and O–H groups in total. The Bertz CT molecular complexity index is 1040. The van der Waals surface area contributed by atoms with E-state index in [1.807, 2.05) is 0 Å². The Morgan fingerprint density at radius 1 is 1.12 bits per heavy atom. The van der Waals surface area contributed by atoms with Crippen molar-refractivity contribution in [2.75, 3.05) is 11.4 Å². The van der Waals surface area contributed by atoms with Crippen LogP contribution < -0.4 is 9.64 Å². The molecular formula is C23H25F3N2O5. The number of rotatable bonds is 6. The summed E-state index contributed by atoms with van der Waals surface area (Å²) in [4.78, 5) is 26.7. The number of halogens is 3. The predicted molar refractivity (Wildman–Crippen MR) is 114 cm³/mol. The van der Waals surface area contributed by atoms with Gasteiger partial charge in [-0.05, 0) is 68.7 Å². The fourth-order valence-corrected chi connectivity index (χ4v) is 3.63. The third-order valence-corrected chi connectivity index (χ3v) is 5.43. The van der Waals surface area contributed by atoms with Gasteiger partial charge in [-0.1, -0.05) is 12.1 Å². The third-order valence-electron chi connectivity index (χ3n) is 5.43. The highest BCUT2D eigenvalue weighted by Crippen LogP contribution is 2.33. The number of anilines is 1. The molecule has 1 aliphatic heterocycles. The molecule has 2 amide bonds. The predicted octanol–water partition coefficient (Wildman–Crippen LogP) is 4.32. The molecule has 3 rings (SSSR count). The zero-order valence-corrected chi connectivity index (χ0v) is 18.6. The number of amides is 2. The number of nitrogens with zero attached hydrogens (tertiary/aromatic N) is 2. The van der Waals surface area contributed by atoms with Gasteiger partial charge in [0.05, 0.1) is 18.7 Å². The quantitative estimate of drug-likeness (QED) is 0.662. The summed E-state index contributed by atoms with van der Waals surface area (Å²) < 4.78 is 44.1. The van der Waals surface area contributed by atoms with Gasteiger partial charge in [-0.2, -0.15) is 13.2 Å². The first-order valence-corrected chi connectivity index (χ1v) is 10.2. The molecule has 2 aromatic carbocycles. The molecule has 33 heavy (non-hydrogen) atoms. The van der Waals surface area contributed by atoms with Gasteiger partial charge >= 0.3 is 18.2 Å². The van der Waals surface area contributed by atoms with Crippen molar-refractivity contribution in [2.24, 2.45) is 0 Å². The zero-order chi connectivity index (χ0) is 24.7. The highest BCUT2D eigenvalue weighted by atomic mass is 19.4. The van der Waals surface area contributed by atoms with Gasteiger partial charge < -0.3 is 14.9 Å². The van der Waals surface area contributed by atoms with E-state index in [1.165, 1.54) is 35.8 Å². The number of hydrogen-bond acceptors (Lipinski definition) is 4. The summed E-state index contributed by atoms with van der Waals surface area (Å²) in [5.74, 6) is -0.689. The maximum Gasteiger partial charge on any atom is 0.416 e. The average Bonchev–Trinajstić information content (AvgIpc) is 2.98. The number of ether oxygens (including phenoxy) is 1. The van der Waals surface area contributed by atoms with E-state index in [-0.39, 0.29) is 18.8 Å². The van der Waals surface area contributed by atoms with E-state index in [0.717, 1.165) is 12.1 Å². The fourth-order valence-electron chi connectivity index (χ4n) is 3.63. The highest BCUT2D eigenvalue weighted by molar-refractivity contribution is 5.94. The number of aliphatic hydroxyl groups excluding tert-OH is 1. The second-order valence-corrected chi connectivity index (χ2v) is 8.52. The first-order valence-electron chi connectivity index (χ1n) is 10.2. The van der Waals surface area contributed by atoms with Crippen LogP contribution in [0.15, 0.2) is 36.4 Å². The number of β-amino-alcohol motifs (C(OH)–C–C–N with tert-alkyl or cyclic N) is 1. The van der Waals surface area contributed by atoms with Crippen molar-refractivity contribution >= 4 is 17.7 Å². The first kappa shape index (κ1) is 24.4. The second kappa shape index (κ2) is 8.58. The van der Waals surface area contributed by atoms with E-state index in [9.17, 15) is 33.0 Å². The topological polar surface area (TPSA) is 90.3 Å². The van der Waals surface area contributed by atoms with Gasteiger partial charge in [0.2, 0.25) is 0 Å². The van der Waals surface area contributed by atoms with E-state index in [4.69, 9.17) is 4.74 Å². The molecule has 0 bridgehead atoms. The lowest BCUT2D eigenvalue weighted by atomic mass is 10.0. The molecule has 0 aromatic heterocycles. The maximum atomic E-state index is 12.9. The molecule has 1 aliphatic rings. The number of carboxylic acid groups (broad SMARTS) is 1. The van der Waals surface area contributed by atoms with Crippen LogP contribution in [0.3, 0.4) is 0 Å². The lowest BCUT2D eigenvalue weighted by Crippen LogP contribution is -2.38. The molecule has 1 saturated heterocycles. The second-order valence-electron chi connectivity index (χ2n) is 8.52. The van der Waals surface area contributed by atoms with Crippen molar-refractivity contribution in [3.05, 3.63) is 58.7 Å². The number of aliphatic carboxylic acids is 1. The van der Waals surface area contributed by atoms with Gasteiger partial charge in [0.15, 0.2) is 5.60 Å². The lowest BCUT2D eigenvalue weighted by Gasteiger charge is -2.25. The SMILES string of the molecule is Cc1cc(CN2C(=O)N(c3ccc(C(F)(F)F)cc3)CC2O)cc(C)c1OC(C)(C)C(=O)O. The largest absolute Gasteiger partial charge is 0.478 e. The lowest BCUT2D eigenvalue weighted by molar-refractivity contribution is -0.152. The molecule has 7 nitrogen and oxygen atoms in total. The molecule has 1 heterocycles. The van der Waals surface area contributed by atoms with Gasteiger partial charge in [-0.3, -0.25) is 9.80 Å². The number of carbonyl (C=O) groups is 2. The normalized spacial score (nSPS) is 17.0. The number of benzene rings is 2. The van der Waals surface area contributed by atoms with Gasteiger partial charge in [0, 0.05) is 5.69 Å². The van der Waals surface area contributed by atoms with Crippen molar-refractivity contribution < 1.29 is 37.7 Å². The maximum absolute atomic E-state index is 12.9. The van der Waals surface area contributed by atoms with E-state index in [1.54, 1.807) is 26.0 Å². The first-order chi connectivity index (χ1) is 15.2. The van der Waals surface area contributed by atoms with E-state index < -0.39 is 35.6 Å². The van der Waals surface area contributed by atoms with Crippen molar-refractivity contribution in [3.63, 3.8) is 0 Å². The van der Waals surface area contributed by atoms with Gasteiger partial charge in [-0.15, -0.1) is 0 Å². The van der Waals surface area contributed by atoms with Crippen LogP contribution in [0, 0.1) is 13.8 Å². The molecule has 1 unspecified atom stereocenters. The van der Waals surface area contributed by atoms with Crippen LogP contribution in [-0.4, -0.2) is 45.5 Å². The molecule has 1 atom stereocenters. The standard InChI is InChI=1S/C23H25F3N2O5/c1-13-9-15(10-14(2)19(13)33-22(3,4)20(30)31)11-28-18(29)12-27(21(28)32)17-7-5-16(6-8-17)23(24,25)26/h5-10,18,29H,11-12H2,1-4H3,(H,30,31). The van der Waals surface area contributed by atoms with Gasteiger partial charge in [0.25, 0.3) is 0 Å².